The normalized spacial score (nSPS) is 10.0. The minimum atomic E-state index is -0.363. The van der Waals surface area contributed by atoms with E-state index >= 15 is 0 Å². The highest BCUT2D eigenvalue weighted by molar-refractivity contribution is 6.55. The Morgan fingerprint density at radius 1 is 0.619 bits per heavy atom. The largest absolute Gasteiger partial charge is 0.508 e. The number of hydrogen-bond donors (Lipinski definition) is 3. The highest BCUT2D eigenvalue weighted by Gasteiger charge is 2.18. The van der Waals surface area contributed by atoms with Gasteiger partial charge in [0.15, 0.2) is 5.75 Å². The molecule has 0 amide bonds. The van der Waals surface area contributed by atoms with E-state index in [1.807, 2.05) is 0 Å². The number of benzene rings is 2. The van der Waals surface area contributed by atoms with Crippen LogP contribution in [0.4, 0.5) is 0 Å². The van der Waals surface area contributed by atoms with Gasteiger partial charge in [-0.05, 0) is 12.1 Å². The van der Waals surface area contributed by atoms with Crippen molar-refractivity contribution < 1.29 is 15.3 Å². The van der Waals surface area contributed by atoms with Crippen LogP contribution in [0.15, 0.2) is 18.2 Å². The van der Waals surface area contributed by atoms with Crippen LogP contribution in [0.3, 0.4) is 0 Å². The summed E-state index contributed by atoms with van der Waals surface area (Å²) in [7, 11) is 0. The highest BCUT2D eigenvalue weighted by atomic mass is 35.5. The summed E-state index contributed by atoms with van der Waals surface area (Å²) >= 11 is 33.3. The minimum Gasteiger partial charge on any atom is -0.508 e. The fourth-order valence-electron chi connectivity index (χ4n) is 1.09. The van der Waals surface area contributed by atoms with Gasteiger partial charge in [0.1, 0.15) is 21.5 Å². The van der Waals surface area contributed by atoms with E-state index in [2.05, 4.69) is 0 Å². The molecule has 0 aliphatic rings. The van der Waals surface area contributed by atoms with Crippen LogP contribution in [0.2, 0.25) is 30.1 Å². The number of halogens is 6. The molecule has 2 aromatic rings. The van der Waals surface area contributed by atoms with E-state index in [1.165, 1.54) is 18.2 Å². The van der Waals surface area contributed by atoms with Crippen LogP contribution in [-0.2, 0) is 0 Å². The van der Waals surface area contributed by atoms with E-state index in [4.69, 9.17) is 79.8 Å². The van der Waals surface area contributed by atoms with Gasteiger partial charge < -0.3 is 15.3 Å². The van der Waals surface area contributed by atoms with Crippen molar-refractivity contribution in [1.82, 2.24) is 0 Å². The molecule has 0 fully saturated rings. The average Bonchev–Trinajstić information content (AvgIpc) is 2.46. The summed E-state index contributed by atoms with van der Waals surface area (Å²) in [5, 5.41) is 26.8. The standard InChI is InChI=1S/C6HCl5O.C6H5ClO2/c7-1-2(8)4(10)6(12)5(11)3(1)9;7-5-2-1-4(8)3-6(5)9/h12H;1-3,8-9H. The van der Waals surface area contributed by atoms with Crippen molar-refractivity contribution in [3.8, 4) is 17.2 Å². The predicted octanol–water partition coefficient (Wildman–Crippen LogP) is 6.41. The zero-order valence-corrected chi connectivity index (χ0v) is 14.4. The first-order chi connectivity index (χ1) is 9.66. The van der Waals surface area contributed by atoms with E-state index in [-0.39, 0.29) is 47.4 Å². The Hall–Kier alpha value is -0.420. The number of hydrogen-bond acceptors (Lipinski definition) is 3. The molecule has 0 aliphatic heterocycles. The smallest absolute Gasteiger partial charge is 0.155 e. The number of aromatic hydroxyl groups is 3. The second-order valence-electron chi connectivity index (χ2n) is 3.55. The third kappa shape index (κ3) is 4.52. The summed E-state index contributed by atoms with van der Waals surface area (Å²) in [6.07, 6.45) is 0. The quantitative estimate of drug-likeness (QED) is 0.347. The van der Waals surface area contributed by atoms with Crippen molar-refractivity contribution in [1.29, 1.82) is 0 Å². The lowest BCUT2D eigenvalue weighted by molar-refractivity contribution is 0.451. The lowest BCUT2D eigenvalue weighted by Gasteiger charge is -2.06. The third-order valence-electron chi connectivity index (χ3n) is 2.12. The van der Waals surface area contributed by atoms with Gasteiger partial charge in [-0.25, -0.2) is 0 Å². The molecule has 0 saturated heterocycles. The summed E-state index contributed by atoms with van der Waals surface area (Å²) in [6, 6.07) is 4.01. The van der Waals surface area contributed by atoms with Crippen LogP contribution >= 0.6 is 69.6 Å². The molecule has 0 bridgehead atoms. The Kier molecular flexibility index (Phi) is 6.85. The van der Waals surface area contributed by atoms with Gasteiger partial charge in [-0.2, -0.15) is 0 Å². The predicted molar refractivity (Wildman–Crippen MR) is 87.9 cm³/mol. The summed E-state index contributed by atoms with van der Waals surface area (Å²) in [6.45, 7) is 0. The minimum absolute atomic E-state index is 0.00904. The monoisotopic (exact) mass is 408 g/mol. The molecule has 0 aromatic heterocycles. The van der Waals surface area contributed by atoms with Crippen molar-refractivity contribution in [2.45, 2.75) is 0 Å². The van der Waals surface area contributed by atoms with Crippen LogP contribution in [-0.4, -0.2) is 15.3 Å². The Morgan fingerprint density at radius 2 is 1.05 bits per heavy atom. The lowest BCUT2D eigenvalue weighted by atomic mass is 10.3. The first kappa shape index (κ1) is 18.6. The first-order valence-corrected chi connectivity index (χ1v) is 7.31. The molecular formula is C12H6Cl6O3. The summed E-state index contributed by atoms with van der Waals surface area (Å²) < 4.78 is 0. The summed E-state index contributed by atoms with van der Waals surface area (Å²) in [5.74, 6) is -0.452. The third-order valence-corrected chi connectivity index (χ3v) is 4.69. The van der Waals surface area contributed by atoms with Crippen molar-refractivity contribution in [2.24, 2.45) is 0 Å². The summed E-state index contributed by atoms with van der Waals surface area (Å²) in [4.78, 5) is 0. The lowest BCUT2D eigenvalue weighted by Crippen LogP contribution is -1.78. The topological polar surface area (TPSA) is 60.7 Å². The van der Waals surface area contributed by atoms with Crippen LogP contribution in [0.1, 0.15) is 0 Å². The molecule has 0 saturated carbocycles. The highest BCUT2D eigenvalue weighted by Crippen LogP contribution is 2.47. The van der Waals surface area contributed by atoms with Crippen molar-refractivity contribution >= 4 is 69.6 Å². The van der Waals surface area contributed by atoms with Crippen LogP contribution in [0.25, 0.3) is 0 Å². The Balaban J connectivity index is 0.000000219. The molecule has 0 spiro atoms. The molecule has 0 unspecified atom stereocenters. The maximum absolute atomic E-state index is 9.20. The molecule has 3 N–H and O–H groups in total. The van der Waals surface area contributed by atoms with E-state index in [0.717, 1.165) is 0 Å². The SMILES string of the molecule is Oc1c(Cl)c(Cl)c(Cl)c(Cl)c1Cl.Oc1ccc(Cl)c(O)c1. The van der Waals surface area contributed by atoms with Gasteiger partial charge in [-0.1, -0.05) is 69.6 Å². The number of phenolic OH excluding ortho intramolecular Hbond substituents is 3. The molecule has 3 nitrogen and oxygen atoms in total. The van der Waals surface area contributed by atoms with Crippen LogP contribution in [0, 0.1) is 0 Å². The molecule has 0 aliphatic carbocycles. The molecule has 2 rings (SSSR count). The second kappa shape index (κ2) is 7.73. The van der Waals surface area contributed by atoms with Gasteiger partial charge in [0.25, 0.3) is 0 Å². The fourth-order valence-corrected chi connectivity index (χ4v) is 2.34. The summed E-state index contributed by atoms with van der Waals surface area (Å²) in [5.41, 5.74) is 0. The van der Waals surface area contributed by atoms with Gasteiger partial charge in [0.05, 0.1) is 20.1 Å². The van der Waals surface area contributed by atoms with Crippen molar-refractivity contribution in [3.63, 3.8) is 0 Å². The van der Waals surface area contributed by atoms with Crippen LogP contribution in [0.5, 0.6) is 17.2 Å². The van der Waals surface area contributed by atoms with Crippen molar-refractivity contribution in [3.05, 3.63) is 48.3 Å². The molecule has 0 heterocycles. The Bertz CT molecular complexity index is 570. The van der Waals surface area contributed by atoms with Gasteiger partial charge in [0, 0.05) is 6.07 Å². The van der Waals surface area contributed by atoms with E-state index in [0.29, 0.717) is 0 Å². The van der Waals surface area contributed by atoms with Crippen molar-refractivity contribution in [2.75, 3.05) is 0 Å². The maximum atomic E-state index is 9.20. The number of rotatable bonds is 0. The molecular weight excluding hydrogens is 405 g/mol. The molecule has 0 radical (unpaired) electrons. The fraction of sp³-hybridized carbons (Fsp3) is 0. The molecule has 2 aromatic carbocycles. The first-order valence-electron chi connectivity index (χ1n) is 5.04. The van der Waals surface area contributed by atoms with Gasteiger partial charge >= 0.3 is 0 Å². The van der Waals surface area contributed by atoms with E-state index in [9.17, 15) is 5.11 Å². The van der Waals surface area contributed by atoms with Crippen LogP contribution < -0.4 is 0 Å². The Labute approximate surface area is 150 Å². The Morgan fingerprint density at radius 3 is 1.43 bits per heavy atom. The maximum Gasteiger partial charge on any atom is 0.155 e. The number of phenols is 3. The van der Waals surface area contributed by atoms with E-state index in [1.54, 1.807) is 0 Å². The zero-order chi connectivity index (χ0) is 16.3. The molecule has 0 atom stereocenters. The zero-order valence-electron chi connectivity index (χ0n) is 9.84. The molecule has 114 valence electrons. The van der Waals surface area contributed by atoms with Gasteiger partial charge in [0.2, 0.25) is 0 Å². The van der Waals surface area contributed by atoms with Gasteiger partial charge in [-0.15, -0.1) is 0 Å². The van der Waals surface area contributed by atoms with Gasteiger partial charge in [-0.3, -0.25) is 0 Å². The van der Waals surface area contributed by atoms with E-state index < -0.39 is 0 Å². The molecule has 21 heavy (non-hydrogen) atoms. The second-order valence-corrected chi connectivity index (χ2v) is 5.85. The molecule has 9 heteroatoms. The average molecular weight is 411 g/mol.